The lowest BCUT2D eigenvalue weighted by atomic mass is 9.57. The van der Waals surface area contributed by atoms with Crippen LogP contribution in [-0.2, 0) is 0 Å². The van der Waals surface area contributed by atoms with Crippen molar-refractivity contribution in [1.82, 2.24) is 0 Å². The summed E-state index contributed by atoms with van der Waals surface area (Å²) in [5.74, 6) is 1.40. The van der Waals surface area contributed by atoms with Gasteiger partial charge in [0.25, 0.3) is 0 Å². The van der Waals surface area contributed by atoms with Gasteiger partial charge in [0.2, 0.25) is 0 Å². The second kappa shape index (κ2) is 7.14. The van der Waals surface area contributed by atoms with Gasteiger partial charge in [0.1, 0.15) is 0 Å². The van der Waals surface area contributed by atoms with Crippen LogP contribution in [0.3, 0.4) is 0 Å². The lowest BCUT2D eigenvalue weighted by Crippen LogP contribution is -2.42. The standard InChI is InChI=1S/C23H42O/c1-8-14-23(7)15-9-10-19-18(11-12-20(24)22(19,5)6)17(2)13-16-21(23,3)4/h10,17-18,20,24H,8-9,11-16H2,1-7H3/b19-10+/t17-,18?,20+,23+/m1/s1. The molecule has 1 N–H and O–H groups in total. The molecule has 0 amide bonds. The van der Waals surface area contributed by atoms with Gasteiger partial charge in [-0.2, -0.15) is 0 Å². The highest BCUT2D eigenvalue weighted by Gasteiger charge is 2.44. The lowest BCUT2D eigenvalue weighted by Gasteiger charge is -2.49. The van der Waals surface area contributed by atoms with E-state index in [4.69, 9.17) is 0 Å². The highest BCUT2D eigenvalue weighted by molar-refractivity contribution is 5.22. The van der Waals surface area contributed by atoms with Gasteiger partial charge in [-0.25, -0.2) is 0 Å². The molecule has 2 aliphatic carbocycles. The molecule has 0 aromatic heterocycles. The van der Waals surface area contributed by atoms with Crippen molar-refractivity contribution in [2.24, 2.45) is 28.1 Å². The van der Waals surface area contributed by atoms with E-state index in [9.17, 15) is 5.11 Å². The summed E-state index contributed by atoms with van der Waals surface area (Å²) in [5.41, 5.74) is 2.34. The van der Waals surface area contributed by atoms with Crippen molar-refractivity contribution in [2.45, 2.75) is 106 Å². The van der Waals surface area contributed by atoms with Crippen molar-refractivity contribution in [3.8, 4) is 0 Å². The predicted molar refractivity (Wildman–Crippen MR) is 105 cm³/mol. The minimum atomic E-state index is -0.173. The van der Waals surface area contributed by atoms with Crippen LogP contribution in [0.2, 0.25) is 0 Å². The Hall–Kier alpha value is -0.300. The largest absolute Gasteiger partial charge is 0.392 e. The number of hydrogen-bond donors (Lipinski definition) is 1. The summed E-state index contributed by atoms with van der Waals surface area (Å²) in [4.78, 5) is 0. The van der Waals surface area contributed by atoms with E-state index < -0.39 is 0 Å². The molecule has 1 nitrogen and oxygen atoms in total. The molecule has 0 saturated heterocycles. The van der Waals surface area contributed by atoms with Gasteiger partial charge in [-0.3, -0.25) is 0 Å². The second-order valence-electron chi connectivity index (χ2n) is 10.3. The van der Waals surface area contributed by atoms with Crippen molar-refractivity contribution in [1.29, 1.82) is 0 Å². The smallest absolute Gasteiger partial charge is 0.0628 e. The van der Waals surface area contributed by atoms with Crippen LogP contribution in [0.4, 0.5) is 0 Å². The Labute approximate surface area is 151 Å². The summed E-state index contributed by atoms with van der Waals surface area (Å²) < 4.78 is 0. The van der Waals surface area contributed by atoms with Gasteiger partial charge in [-0.15, -0.1) is 0 Å². The molecular formula is C23H42O. The van der Waals surface area contributed by atoms with Gasteiger partial charge in [-0.1, -0.05) is 66.5 Å². The zero-order valence-electron chi connectivity index (χ0n) is 17.4. The van der Waals surface area contributed by atoms with Crippen LogP contribution in [0.15, 0.2) is 11.6 Å². The van der Waals surface area contributed by atoms with Crippen LogP contribution in [-0.4, -0.2) is 11.2 Å². The van der Waals surface area contributed by atoms with Crippen LogP contribution >= 0.6 is 0 Å². The zero-order valence-corrected chi connectivity index (χ0v) is 17.4. The quantitative estimate of drug-likeness (QED) is 0.553. The normalized spacial score (nSPS) is 41.8. The van der Waals surface area contributed by atoms with E-state index in [2.05, 4.69) is 54.5 Å². The molecule has 0 aromatic carbocycles. The van der Waals surface area contributed by atoms with E-state index in [1.807, 2.05) is 0 Å². The third kappa shape index (κ3) is 3.62. The van der Waals surface area contributed by atoms with Gasteiger partial charge in [0.15, 0.2) is 0 Å². The molecule has 1 unspecified atom stereocenters. The molecular weight excluding hydrogens is 292 g/mol. The minimum Gasteiger partial charge on any atom is -0.392 e. The van der Waals surface area contributed by atoms with Crippen molar-refractivity contribution < 1.29 is 5.11 Å². The van der Waals surface area contributed by atoms with E-state index in [-0.39, 0.29) is 11.5 Å². The number of fused-ring (bicyclic) bond motifs is 1. The van der Waals surface area contributed by atoms with Gasteiger partial charge < -0.3 is 5.11 Å². The summed E-state index contributed by atoms with van der Waals surface area (Å²) in [6.07, 6.45) is 12.2. The maximum Gasteiger partial charge on any atom is 0.0628 e. The van der Waals surface area contributed by atoms with E-state index in [0.29, 0.717) is 16.7 Å². The topological polar surface area (TPSA) is 20.2 Å². The molecule has 0 bridgehead atoms. The van der Waals surface area contributed by atoms with Gasteiger partial charge in [0, 0.05) is 5.41 Å². The van der Waals surface area contributed by atoms with Crippen molar-refractivity contribution in [2.75, 3.05) is 0 Å². The minimum absolute atomic E-state index is 0.0486. The SMILES string of the molecule is CCC[C@@]1(C)CC/C=C2\C(CC[C@H](O)C2(C)C)[C@H](C)CCC1(C)C. The summed E-state index contributed by atoms with van der Waals surface area (Å²) in [6, 6.07) is 0. The fraction of sp³-hybridized carbons (Fsp3) is 0.913. The van der Waals surface area contributed by atoms with Crippen molar-refractivity contribution in [3.63, 3.8) is 0 Å². The predicted octanol–water partition coefficient (Wildman–Crippen LogP) is 6.75. The molecule has 0 aromatic rings. The van der Waals surface area contributed by atoms with E-state index in [1.165, 1.54) is 44.9 Å². The molecule has 0 heterocycles. The summed E-state index contributed by atoms with van der Waals surface area (Å²) in [7, 11) is 0. The lowest BCUT2D eigenvalue weighted by molar-refractivity contribution is 0.0157. The molecule has 1 heteroatoms. The van der Waals surface area contributed by atoms with Crippen molar-refractivity contribution in [3.05, 3.63) is 11.6 Å². The van der Waals surface area contributed by atoms with Crippen LogP contribution < -0.4 is 0 Å². The highest BCUT2D eigenvalue weighted by Crippen LogP contribution is 2.53. The van der Waals surface area contributed by atoms with Gasteiger partial charge in [-0.05, 0) is 67.6 Å². The van der Waals surface area contributed by atoms with Gasteiger partial charge in [0.05, 0.1) is 6.10 Å². The first kappa shape index (κ1) is 20.0. The summed E-state index contributed by atoms with van der Waals surface area (Å²) >= 11 is 0. The van der Waals surface area contributed by atoms with Crippen LogP contribution in [0, 0.1) is 28.1 Å². The number of hydrogen-bond acceptors (Lipinski definition) is 1. The fourth-order valence-corrected chi connectivity index (χ4v) is 5.52. The first-order valence-corrected chi connectivity index (χ1v) is 10.4. The van der Waals surface area contributed by atoms with E-state index in [1.54, 1.807) is 5.57 Å². The Bertz CT molecular complexity index is 459. The Kier molecular flexibility index (Phi) is 5.95. The third-order valence-electron chi connectivity index (χ3n) is 8.14. The molecule has 140 valence electrons. The first-order valence-electron chi connectivity index (χ1n) is 10.4. The van der Waals surface area contributed by atoms with E-state index >= 15 is 0 Å². The zero-order chi connectivity index (χ0) is 18.2. The van der Waals surface area contributed by atoms with Crippen LogP contribution in [0.5, 0.6) is 0 Å². The Morgan fingerprint density at radius 2 is 1.71 bits per heavy atom. The molecule has 0 aliphatic heterocycles. The average Bonchev–Trinajstić information content (AvgIpc) is 2.49. The van der Waals surface area contributed by atoms with Gasteiger partial charge >= 0.3 is 0 Å². The maximum atomic E-state index is 10.6. The van der Waals surface area contributed by atoms with Crippen LogP contribution in [0.25, 0.3) is 0 Å². The second-order valence-corrected chi connectivity index (χ2v) is 10.3. The monoisotopic (exact) mass is 334 g/mol. The maximum absolute atomic E-state index is 10.6. The number of aliphatic hydroxyl groups excluding tert-OH is 1. The third-order valence-corrected chi connectivity index (χ3v) is 8.14. The molecule has 2 rings (SSSR count). The van der Waals surface area contributed by atoms with Crippen molar-refractivity contribution >= 4 is 0 Å². The highest BCUT2D eigenvalue weighted by atomic mass is 16.3. The molecule has 4 atom stereocenters. The molecule has 24 heavy (non-hydrogen) atoms. The molecule has 2 aliphatic rings. The molecule has 0 spiro atoms. The number of allylic oxidation sites excluding steroid dienone is 1. The number of rotatable bonds is 2. The first-order chi connectivity index (χ1) is 11.0. The fourth-order valence-electron chi connectivity index (χ4n) is 5.52. The summed E-state index contributed by atoms with van der Waals surface area (Å²) in [6.45, 7) is 16.9. The molecule has 1 saturated carbocycles. The molecule has 0 radical (unpaired) electrons. The molecule has 1 fully saturated rings. The Morgan fingerprint density at radius 1 is 1.04 bits per heavy atom. The van der Waals surface area contributed by atoms with E-state index in [0.717, 1.165) is 12.3 Å². The van der Waals surface area contributed by atoms with Crippen LogP contribution in [0.1, 0.15) is 99.8 Å². The Morgan fingerprint density at radius 3 is 2.33 bits per heavy atom. The number of aliphatic hydroxyl groups is 1. The average molecular weight is 335 g/mol. The Balaban J connectivity index is 2.36. The summed E-state index contributed by atoms with van der Waals surface area (Å²) in [5, 5.41) is 10.6.